The van der Waals surface area contributed by atoms with Crippen LogP contribution in [0.5, 0.6) is 11.5 Å². The predicted molar refractivity (Wildman–Crippen MR) is 294 cm³/mol. The van der Waals surface area contributed by atoms with Crippen LogP contribution in [0.2, 0.25) is 5.02 Å². The van der Waals surface area contributed by atoms with Gasteiger partial charge in [-0.3, -0.25) is 43.9 Å². The average molecular weight is 1090 g/mol. The van der Waals surface area contributed by atoms with Crippen LogP contribution in [0.1, 0.15) is 108 Å². The van der Waals surface area contributed by atoms with Gasteiger partial charge in [0.1, 0.15) is 6.04 Å². The molecule has 6 amide bonds. The Kier molecular flexibility index (Phi) is 19.1. The van der Waals surface area contributed by atoms with E-state index in [0.717, 1.165) is 85.0 Å². The number of imide groups is 2. The quantitative estimate of drug-likeness (QED) is 0.0504. The highest BCUT2D eigenvalue weighted by molar-refractivity contribution is 6.30. The van der Waals surface area contributed by atoms with Gasteiger partial charge in [-0.2, -0.15) is 0 Å². The van der Waals surface area contributed by atoms with Crippen molar-refractivity contribution in [1.82, 2.24) is 25.3 Å². The maximum Gasteiger partial charge on any atom is 0.264 e. The van der Waals surface area contributed by atoms with Crippen LogP contribution in [0.25, 0.3) is 0 Å². The van der Waals surface area contributed by atoms with E-state index in [2.05, 4.69) is 33.0 Å². The van der Waals surface area contributed by atoms with E-state index in [1.165, 1.54) is 12.8 Å². The molecule has 0 aromatic heterocycles. The van der Waals surface area contributed by atoms with Crippen LogP contribution in [0.3, 0.4) is 0 Å². The Morgan fingerprint density at radius 3 is 2.17 bits per heavy atom. The molecule has 2 saturated heterocycles. The molecule has 3 fully saturated rings. The lowest BCUT2D eigenvalue weighted by molar-refractivity contribution is -0.136. The number of nitrogens with one attached hydrogen (secondary N) is 3. The van der Waals surface area contributed by atoms with Gasteiger partial charge >= 0.3 is 0 Å². The number of halogens is 1. The van der Waals surface area contributed by atoms with Crippen molar-refractivity contribution in [2.75, 3.05) is 96.2 Å². The minimum atomic E-state index is -1.02. The summed E-state index contributed by atoms with van der Waals surface area (Å²) in [5, 5.41) is 9.71. The third-order valence-corrected chi connectivity index (χ3v) is 15.6. The SMILES string of the molecule is COc1cc2c(cc1OC(C)C)[C@H](c1ccc(Cl)cc1)N(c1ccc(CNCC3CCC(N4CCN(C(=O)CCOCCOCCOCCNc5cccc6c5C(=O)N(C5CCC(=O)NC5=O)C6=O)CC4)CC3)cc1)C(=O)C2. The molecule has 9 rings (SSSR count). The molecule has 0 spiro atoms. The summed E-state index contributed by atoms with van der Waals surface area (Å²) in [5.74, 6) is -0.195. The molecule has 4 aromatic rings. The van der Waals surface area contributed by atoms with Crippen molar-refractivity contribution in [3.05, 3.63) is 117 Å². The van der Waals surface area contributed by atoms with Gasteiger partial charge < -0.3 is 44.1 Å². The van der Waals surface area contributed by atoms with E-state index in [9.17, 15) is 28.8 Å². The Bertz CT molecular complexity index is 2780. The van der Waals surface area contributed by atoms with Crippen LogP contribution in [0.4, 0.5) is 11.4 Å². The maximum atomic E-state index is 14.0. The van der Waals surface area contributed by atoms with E-state index in [1.807, 2.05) is 72.2 Å². The van der Waals surface area contributed by atoms with E-state index >= 15 is 0 Å². The van der Waals surface area contributed by atoms with Crippen LogP contribution in [0.15, 0.2) is 78.9 Å². The lowest BCUT2D eigenvalue weighted by atomic mass is 9.85. The summed E-state index contributed by atoms with van der Waals surface area (Å²) in [6.07, 6.45) is 5.34. The van der Waals surface area contributed by atoms with Gasteiger partial charge in [-0.05, 0) is 129 Å². The number of ether oxygens (including phenoxy) is 5. The first-order valence-corrected chi connectivity index (χ1v) is 27.8. The number of piperidine rings is 1. The fourth-order valence-corrected chi connectivity index (χ4v) is 11.5. The number of amides is 6. The lowest BCUT2D eigenvalue weighted by Gasteiger charge is -2.42. The third-order valence-electron chi connectivity index (χ3n) is 15.3. The standard InChI is InChI=1S/C59H72ClN7O11/c1-38(2)78-51-35-47-42(33-50(51)74-3)34-54(70)66(56(47)41-11-13-43(60)14-12-41)45-17-9-40(10-18-45)37-61-36-39-7-15-44(16-8-39)64-23-25-65(26-24-64)53(69)21-27-75-29-31-77-32-30-76-28-22-62-48-6-4-5-46-55(48)59(73)67(58(46)72)49-19-20-52(68)63-57(49)71/h4-6,9-14,17-18,33,35,38-39,44,49,56,61-62H,7-8,15-16,19-32,34,36-37H2,1-3H3,(H,63,68,71)/t39?,44?,49?,56-/m0/s1. The zero-order valence-electron chi connectivity index (χ0n) is 44.9. The van der Waals surface area contributed by atoms with Crippen molar-refractivity contribution >= 4 is 58.4 Å². The average Bonchev–Trinajstić information content (AvgIpc) is 3.93. The molecule has 1 saturated carbocycles. The number of carbonyl (C=O) groups is 6. The van der Waals surface area contributed by atoms with E-state index < -0.39 is 29.7 Å². The zero-order chi connectivity index (χ0) is 54.7. The van der Waals surface area contributed by atoms with Crippen molar-refractivity contribution in [2.45, 2.75) is 96.0 Å². The summed E-state index contributed by atoms with van der Waals surface area (Å²) in [5.41, 5.74) is 5.75. The first kappa shape index (κ1) is 56.3. The first-order chi connectivity index (χ1) is 37.9. The van der Waals surface area contributed by atoms with Crippen molar-refractivity contribution in [3.63, 3.8) is 0 Å². The largest absolute Gasteiger partial charge is 0.493 e. The molecular weight excluding hydrogens is 1020 g/mol. The second kappa shape index (κ2) is 26.5. The molecule has 19 heteroatoms. The van der Waals surface area contributed by atoms with Crippen LogP contribution in [-0.2, 0) is 46.4 Å². The second-order valence-electron chi connectivity index (χ2n) is 20.8. The van der Waals surface area contributed by atoms with Gasteiger partial charge in [0.05, 0.1) is 82.9 Å². The molecule has 5 aliphatic rings. The number of rotatable bonds is 24. The van der Waals surface area contributed by atoms with Crippen molar-refractivity contribution in [2.24, 2.45) is 5.92 Å². The first-order valence-electron chi connectivity index (χ1n) is 27.4. The molecule has 78 heavy (non-hydrogen) atoms. The van der Waals surface area contributed by atoms with Crippen molar-refractivity contribution < 1.29 is 52.5 Å². The number of methoxy groups -OCH3 is 1. The number of fused-ring (bicyclic) bond motifs is 2. The maximum absolute atomic E-state index is 14.0. The summed E-state index contributed by atoms with van der Waals surface area (Å²) in [6.45, 7) is 11.4. The number of nitrogens with zero attached hydrogens (tertiary/aromatic N) is 4. The topological polar surface area (TPSA) is 198 Å². The molecule has 2 atom stereocenters. The number of carbonyl (C=O) groups excluding carboxylic acids is 6. The van der Waals surface area contributed by atoms with E-state index in [4.69, 9.17) is 35.3 Å². The minimum absolute atomic E-state index is 0.00664. The number of piperazine rings is 1. The summed E-state index contributed by atoms with van der Waals surface area (Å²) < 4.78 is 28.9. The molecule has 18 nitrogen and oxygen atoms in total. The lowest BCUT2D eigenvalue weighted by Crippen LogP contribution is -2.54. The Balaban J connectivity index is 0.616. The van der Waals surface area contributed by atoms with Gasteiger partial charge in [0.25, 0.3) is 11.8 Å². The van der Waals surface area contributed by atoms with E-state index in [-0.39, 0.29) is 54.3 Å². The van der Waals surface area contributed by atoms with Gasteiger partial charge in [0.15, 0.2) is 11.5 Å². The number of benzene rings is 4. The van der Waals surface area contributed by atoms with Crippen molar-refractivity contribution in [3.8, 4) is 11.5 Å². The smallest absolute Gasteiger partial charge is 0.264 e. The number of hydrogen-bond acceptors (Lipinski definition) is 14. The number of hydrogen-bond donors (Lipinski definition) is 3. The Morgan fingerprint density at radius 2 is 1.47 bits per heavy atom. The van der Waals surface area contributed by atoms with Gasteiger partial charge in [-0.25, -0.2) is 0 Å². The van der Waals surface area contributed by atoms with E-state index in [1.54, 1.807) is 25.3 Å². The summed E-state index contributed by atoms with van der Waals surface area (Å²) >= 11 is 6.32. The van der Waals surface area contributed by atoms with Gasteiger partial charge in [-0.15, -0.1) is 0 Å². The minimum Gasteiger partial charge on any atom is -0.493 e. The monoisotopic (exact) mass is 1090 g/mol. The highest BCUT2D eigenvalue weighted by Gasteiger charge is 2.46. The van der Waals surface area contributed by atoms with Gasteiger partial charge in [0.2, 0.25) is 23.6 Å². The fraction of sp³-hybridized carbons (Fsp3) is 0.492. The zero-order valence-corrected chi connectivity index (χ0v) is 45.7. The Labute approximate surface area is 461 Å². The molecule has 4 aliphatic heterocycles. The second-order valence-corrected chi connectivity index (χ2v) is 21.3. The van der Waals surface area contributed by atoms with Gasteiger partial charge in [-0.1, -0.05) is 41.9 Å². The van der Waals surface area contributed by atoms with Crippen LogP contribution < -0.4 is 30.3 Å². The van der Waals surface area contributed by atoms with Crippen LogP contribution in [-0.4, -0.2) is 154 Å². The molecule has 3 N–H and O–H groups in total. The normalized spacial score (nSPS) is 20.7. The highest BCUT2D eigenvalue weighted by atomic mass is 35.5. The van der Waals surface area contributed by atoms with E-state index in [0.29, 0.717) is 86.8 Å². The Morgan fingerprint density at radius 1 is 0.769 bits per heavy atom. The van der Waals surface area contributed by atoms with Crippen LogP contribution in [0, 0.1) is 5.92 Å². The predicted octanol–water partition coefficient (Wildman–Crippen LogP) is 6.56. The molecule has 0 bridgehead atoms. The molecule has 4 heterocycles. The van der Waals surface area contributed by atoms with Crippen LogP contribution >= 0.6 is 11.6 Å². The molecule has 4 aromatic carbocycles. The molecule has 0 radical (unpaired) electrons. The number of anilines is 2. The molecule has 416 valence electrons. The summed E-state index contributed by atoms with van der Waals surface area (Å²) in [4.78, 5) is 84.8. The Hall–Kier alpha value is -6.41. The summed E-state index contributed by atoms with van der Waals surface area (Å²) in [6, 6.07) is 24.0. The van der Waals surface area contributed by atoms with Gasteiger partial charge in [0, 0.05) is 68.1 Å². The van der Waals surface area contributed by atoms with Crippen molar-refractivity contribution in [1.29, 1.82) is 0 Å². The molecular formula is C59H72ClN7O11. The molecule has 1 aliphatic carbocycles. The molecule has 1 unspecified atom stereocenters. The fourth-order valence-electron chi connectivity index (χ4n) is 11.4. The summed E-state index contributed by atoms with van der Waals surface area (Å²) in [7, 11) is 1.62. The third kappa shape index (κ3) is 13.5. The highest BCUT2D eigenvalue weighted by Crippen LogP contribution is 2.44.